The molecule has 3 rings (SSSR count). The number of aromatic nitrogens is 1. The van der Waals surface area contributed by atoms with Crippen LogP contribution in [-0.4, -0.2) is 16.7 Å². The summed E-state index contributed by atoms with van der Waals surface area (Å²) in [4.78, 5) is 29.4. The molecule has 1 aromatic heterocycles. The first-order valence-corrected chi connectivity index (χ1v) is 8.96. The number of carbonyl (C=O) groups excluding carboxylic acids is 2. The number of hydrogen-bond acceptors (Lipinski definition) is 5. The maximum absolute atomic E-state index is 12.8. The lowest BCUT2D eigenvalue weighted by atomic mass is 10.00. The van der Waals surface area contributed by atoms with E-state index in [0.717, 1.165) is 5.01 Å². The van der Waals surface area contributed by atoms with Crippen LogP contribution in [0.15, 0.2) is 72.1 Å². The highest BCUT2D eigenvalue weighted by Crippen LogP contribution is 2.23. The molecule has 0 aliphatic rings. The number of ether oxygens (including phenoxy) is 1. The average Bonchev–Trinajstić information content (AvgIpc) is 3.10. The van der Waals surface area contributed by atoms with Gasteiger partial charge in [-0.05, 0) is 13.0 Å². The van der Waals surface area contributed by atoms with Gasteiger partial charge in [-0.3, -0.25) is 4.79 Å². The highest BCUT2D eigenvalue weighted by Gasteiger charge is 2.25. The lowest BCUT2D eigenvalue weighted by molar-refractivity contribution is -0.141. The third-order valence-corrected chi connectivity index (χ3v) is 4.45. The van der Waals surface area contributed by atoms with Gasteiger partial charge in [-0.1, -0.05) is 60.7 Å². The second-order valence-electron chi connectivity index (χ2n) is 5.58. The van der Waals surface area contributed by atoms with Crippen LogP contribution >= 0.6 is 11.3 Å². The zero-order chi connectivity index (χ0) is 18.4. The van der Waals surface area contributed by atoms with Crippen LogP contribution in [0.1, 0.15) is 32.7 Å². The summed E-state index contributed by atoms with van der Waals surface area (Å²) in [6.07, 6.45) is 1.89. The molecule has 0 spiro atoms. The molecule has 0 saturated carbocycles. The molecule has 0 aliphatic carbocycles. The quantitative estimate of drug-likeness (QED) is 0.364. The van der Waals surface area contributed by atoms with Crippen LogP contribution in [0, 0.1) is 6.92 Å². The lowest BCUT2D eigenvalue weighted by Gasteiger charge is -2.16. The normalized spacial score (nSPS) is 12.0. The third-order valence-electron chi connectivity index (χ3n) is 3.66. The Morgan fingerprint density at radius 1 is 1.04 bits per heavy atom. The van der Waals surface area contributed by atoms with Gasteiger partial charge < -0.3 is 4.74 Å². The molecule has 1 heterocycles. The molecule has 130 valence electrons. The van der Waals surface area contributed by atoms with E-state index in [0.29, 0.717) is 16.8 Å². The monoisotopic (exact) mass is 363 g/mol. The van der Waals surface area contributed by atoms with Crippen LogP contribution in [0.5, 0.6) is 0 Å². The van der Waals surface area contributed by atoms with Crippen LogP contribution in [0.4, 0.5) is 0 Å². The predicted molar refractivity (Wildman–Crippen MR) is 102 cm³/mol. The van der Waals surface area contributed by atoms with E-state index >= 15 is 0 Å². The first-order chi connectivity index (χ1) is 12.6. The number of nitrogens with zero attached hydrogens (tertiary/aromatic N) is 1. The Balaban J connectivity index is 1.81. The maximum Gasteiger partial charge on any atom is 0.331 e. The van der Waals surface area contributed by atoms with E-state index in [-0.39, 0.29) is 5.78 Å². The minimum absolute atomic E-state index is 0.261. The summed E-state index contributed by atoms with van der Waals surface area (Å²) in [6.45, 7) is 1.89. The van der Waals surface area contributed by atoms with Crippen molar-refractivity contribution in [3.8, 4) is 0 Å². The molecule has 0 radical (unpaired) electrons. The zero-order valence-electron chi connectivity index (χ0n) is 14.2. The van der Waals surface area contributed by atoms with E-state index in [1.54, 1.807) is 42.5 Å². The largest absolute Gasteiger partial charge is 0.446 e. The van der Waals surface area contributed by atoms with Gasteiger partial charge in [0.05, 0.1) is 10.7 Å². The molecule has 1 unspecified atom stereocenters. The van der Waals surface area contributed by atoms with Crippen molar-refractivity contribution in [2.24, 2.45) is 0 Å². The van der Waals surface area contributed by atoms with Gasteiger partial charge in [0.15, 0.2) is 6.10 Å². The van der Waals surface area contributed by atoms with E-state index in [9.17, 15) is 9.59 Å². The van der Waals surface area contributed by atoms with Gasteiger partial charge in [-0.15, -0.1) is 11.3 Å². The highest BCUT2D eigenvalue weighted by atomic mass is 32.1. The summed E-state index contributed by atoms with van der Waals surface area (Å²) in [7, 11) is 0. The van der Waals surface area contributed by atoms with Crippen LogP contribution < -0.4 is 0 Å². The Kier molecular flexibility index (Phi) is 5.71. The molecule has 0 N–H and O–H groups in total. The molecule has 0 aliphatic heterocycles. The van der Waals surface area contributed by atoms with Gasteiger partial charge in [0.1, 0.15) is 0 Å². The summed E-state index contributed by atoms with van der Waals surface area (Å²) >= 11 is 1.50. The molecule has 0 fully saturated rings. The zero-order valence-corrected chi connectivity index (χ0v) is 15.0. The Labute approximate surface area is 155 Å². The van der Waals surface area contributed by atoms with E-state index in [1.807, 2.05) is 36.6 Å². The Hall–Kier alpha value is -3.05. The summed E-state index contributed by atoms with van der Waals surface area (Å²) in [5, 5.41) is 2.77. The van der Waals surface area contributed by atoms with Gasteiger partial charge in [0.2, 0.25) is 5.78 Å². The van der Waals surface area contributed by atoms with Gasteiger partial charge in [0.25, 0.3) is 0 Å². The van der Waals surface area contributed by atoms with E-state index in [1.165, 1.54) is 17.4 Å². The molecule has 0 saturated heterocycles. The molecule has 5 heteroatoms. The minimum Gasteiger partial charge on any atom is -0.446 e. The van der Waals surface area contributed by atoms with Gasteiger partial charge >= 0.3 is 5.97 Å². The van der Waals surface area contributed by atoms with E-state index < -0.39 is 12.1 Å². The van der Waals surface area contributed by atoms with Crippen molar-refractivity contribution in [1.82, 2.24) is 4.98 Å². The summed E-state index contributed by atoms with van der Waals surface area (Å²) in [6, 6.07) is 17.8. The number of esters is 1. The molecule has 1 atom stereocenters. The Bertz CT molecular complexity index is 917. The number of hydrogen-bond donors (Lipinski definition) is 0. The van der Waals surface area contributed by atoms with E-state index in [4.69, 9.17) is 4.74 Å². The lowest BCUT2D eigenvalue weighted by Crippen LogP contribution is -2.19. The SMILES string of the molecule is Cc1nc(/C=C/C(=O)OC(C(=O)c2ccccc2)c2ccccc2)cs1. The van der Waals surface area contributed by atoms with Crippen molar-refractivity contribution in [3.63, 3.8) is 0 Å². The van der Waals surface area contributed by atoms with Gasteiger partial charge in [0, 0.05) is 22.6 Å². The van der Waals surface area contributed by atoms with Crippen molar-refractivity contribution in [2.75, 3.05) is 0 Å². The Morgan fingerprint density at radius 2 is 1.69 bits per heavy atom. The van der Waals surface area contributed by atoms with Crippen molar-refractivity contribution >= 4 is 29.2 Å². The topological polar surface area (TPSA) is 56.3 Å². The molecule has 4 nitrogen and oxygen atoms in total. The molecule has 2 aromatic carbocycles. The number of benzene rings is 2. The first kappa shape index (κ1) is 17.8. The summed E-state index contributed by atoms with van der Waals surface area (Å²) in [5.74, 6) is -0.850. The number of carbonyl (C=O) groups is 2. The smallest absolute Gasteiger partial charge is 0.331 e. The standard InChI is InChI=1S/C21H17NO3S/c1-15-22-18(14-26-15)12-13-19(23)25-21(17-10-6-3-7-11-17)20(24)16-8-4-2-5-9-16/h2-14,21H,1H3/b13-12+. The number of Topliss-reactive ketones (excluding diaryl/α,β-unsaturated/α-hetero) is 1. The highest BCUT2D eigenvalue weighted by molar-refractivity contribution is 7.09. The van der Waals surface area contributed by atoms with Crippen molar-refractivity contribution in [2.45, 2.75) is 13.0 Å². The first-order valence-electron chi connectivity index (χ1n) is 8.08. The molecular weight excluding hydrogens is 346 g/mol. The van der Waals surface area contributed by atoms with E-state index in [2.05, 4.69) is 4.98 Å². The van der Waals surface area contributed by atoms with Crippen LogP contribution in [-0.2, 0) is 9.53 Å². The fourth-order valence-corrected chi connectivity index (χ4v) is 3.00. The van der Waals surface area contributed by atoms with Gasteiger partial charge in [-0.2, -0.15) is 0 Å². The fraction of sp³-hybridized carbons (Fsp3) is 0.0952. The van der Waals surface area contributed by atoms with Crippen LogP contribution in [0.25, 0.3) is 6.08 Å². The average molecular weight is 363 g/mol. The maximum atomic E-state index is 12.8. The molecule has 0 bridgehead atoms. The van der Waals surface area contributed by atoms with Crippen LogP contribution in [0.2, 0.25) is 0 Å². The van der Waals surface area contributed by atoms with Crippen LogP contribution in [0.3, 0.4) is 0 Å². The fourth-order valence-electron chi connectivity index (χ4n) is 2.42. The molecular formula is C21H17NO3S. The minimum atomic E-state index is -0.993. The van der Waals surface area contributed by atoms with Crippen molar-refractivity contribution in [1.29, 1.82) is 0 Å². The Morgan fingerprint density at radius 3 is 2.31 bits per heavy atom. The predicted octanol–water partition coefficient (Wildman–Crippen LogP) is 4.63. The number of thiazole rings is 1. The molecule has 0 amide bonds. The molecule has 3 aromatic rings. The number of rotatable bonds is 6. The number of aryl methyl sites for hydroxylation is 1. The van der Waals surface area contributed by atoms with Crippen molar-refractivity contribution in [3.05, 3.63) is 93.9 Å². The molecule has 26 heavy (non-hydrogen) atoms. The third kappa shape index (κ3) is 4.52. The van der Waals surface area contributed by atoms with Gasteiger partial charge in [-0.25, -0.2) is 9.78 Å². The van der Waals surface area contributed by atoms with Crippen molar-refractivity contribution < 1.29 is 14.3 Å². The summed E-state index contributed by atoms with van der Waals surface area (Å²) in [5.41, 5.74) is 1.82. The second-order valence-corrected chi connectivity index (χ2v) is 6.64. The summed E-state index contributed by atoms with van der Waals surface area (Å²) < 4.78 is 5.48. The number of ketones is 1. The second kappa shape index (κ2) is 8.36.